The number of amides is 1. The highest BCUT2D eigenvalue weighted by molar-refractivity contribution is 7.22. The van der Waals surface area contributed by atoms with Crippen molar-refractivity contribution < 1.29 is 4.79 Å². The van der Waals surface area contributed by atoms with Crippen LogP contribution in [0.4, 0.5) is 10.8 Å². The predicted octanol–water partition coefficient (Wildman–Crippen LogP) is 5.96. The third kappa shape index (κ3) is 3.53. The molecule has 1 aliphatic rings. The fourth-order valence-corrected chi connectivity index (χ4v) is 5.94. The Balaban J connectivity index is 1.10. The van der Waals surface area contributed by atoms with Gasteiger partial charge in [0.1, 0.15) is 5.01 Å². The number of fused-ring (bicyclic) bond motifs is 2. The molecule has 6 rings (SSSR count). The molecule has 7 heteroatoms. The second-order valence-corrected chi connectivity index (χ2v) is 10.2. The van der Waals surface area contributed by atoms with E-state index in [0.717, 1.165) is 32.4 Å². The van der Waals surface area contributed by atoms with Crippen LogP contribution in [0, 0.1) is 12.8 Å². The summed E-state index contributed by atoms with van der Waals surface area (Å²) in [7, 11) is 0. The average Bonchev–Trinajstić information content (AvgIpc) is 3.36. The summed E-state index contributed by atoms with van der Waals surface area (Å²) in [4.78, 5) is 24.3. The Morgan fingerprint density at radius 1 is 0.938 bits per heavy atom. The third-order valence-electron chi connectivity index (χ3n) is 5.75. The minimum Gasteiger partial charge on any atom is -0.346 e. The molecule has 1 fully saturated rings. The molecule has 0 bridgehead atoms. The number of aromatic nitrogens is 2. The molecule has 1 amide bonds. The van der Waals surface area contributed by atoms with Crippen molar-refractivity contribution >= 4 is 59.8 Å². The highest BCUT2D eigenvalue weighted by Gasteiger charge is 2.34. The maximum absolute atomic E-state index is 12.7. The number of hydrogen-bond acceptors (Lipinski definition) is 6. The Bertz CT molecular complexity index is 1420. The number of nitrogens with zero attached hydrogens (tertiary/aromatic N) is 3. The van der Waals surface area contributed by atoms with Gasteiger partial charge < -0.3 is 10.2 Å². The number of carbonyl (C=O) groups excluding carboxylic acids is 1. The Labute approximate surface area is 193 Å². The monoisotopic (exact) mass is 456 g/mol. The van der Waals surface area contributed by atoms with E-state index in [1.54, 1.807) is 22.7 Å². The zero-order chi connectivity index (χ0) is 21.7. The van der Waals surface area contributed by atoms with Crippen molar-refractivity contribution in [3.63, 3.8) is 0 Å². The van der Waals surface area contributed by atoms with Gasteiger partial charge in [-0.1, -0.05) is 29.5 Å². The normalized spacial score (nSPS) is 14.1. The molecule has 5 nitrogen and oxygen atoms in total. The molecule has 0 aliphatic carbocycles. The van der Waals surface area contributed by atoms with Crippen LogP contribution in [0.15, 0.2) is 66.7 Å². The molecular weight excluding hydrogens is 436 g/mol. The first-order valence-corrected chi connectivity index (χ1v) is 12.1. The van der Waals surface area contributed by atoms with Gasteiger partial charge in [-0.2, -0.15) is 0 Å². The SMILES string of the molecule is Cc1ccc2nc(-c3ccc(NC(=O)C4CN(c5nc6ccccc6s5)C4)cc3)sc2c1. The van der Waals surface area contributed by atoms with Crippen molar-refractivity contribution in [2.75, 3.05) is 23.3 Å². The number of rotatable bonds is 4. The molecular formula is C25H20N4OS2. The molecule has 1 N–H and O–H groups in total. The van der Waals surface area contributed by atoms with Crippen molar-refractivity contribution in [2.24, 2.45) is 5.92 Å². The first kappa shape index (κ1) is 19.4. The summed E-state index contributed by atoms with van der Waals surface area (Å²) in [5.41, 5.74) is 5.16. The fourth-order valence-electron chi connectivity index (χ4n) is 3.89. The molecule has 5 aromatic rings. The van der Waals surface area contributed by atoms with Crippen LogP contribution in [0.1, 0.15) is 5.56 Å². The molecule has 2 aromatic heterocycles. The van der Waals surface area contributed by atoms with E-state index in [1.807, 2.05) is 42.5 Å². The number of anilines is 2. The van der Waals surface area contributed by atoms with Crippen LogP contribution in [-0.4, -0.2) is 29.0 Å². The highest BCUT2D eigenvalue weighted by atomic mass is 32.1. The summed E-state index contributed by atoms with van der Waals surface area (Å²) >= 11 is 3.37. The van der Waals surface area contributed by atoms with Crippen molar-refractivity contribution in [1.29, 1.82) is 0 Å². The quantitative estimate of drug-likeness (QED) is 0.363. The number of aryl methyl sites for hydroxylation is 1. The summed E-state index contributed by atoms with van der Waals surface area (Å²) < 4.78 is 2.37. The van der Waals surface area contributed by atoms with Gasteiger partial charge in [0, 0.05) is 24.3 Å². The Hall–Kier alpha value is -3.29. The van der Waals surface area contributed by atoms with Crippen molar-refractivity contribution in [2.45, 2.75) is 6.92 Å². The van der Waals surface area contributed by atoms with Gasteiger partial charge >= 0.3 is 0 Å². The number of carbonyl (C=O) groups is 1. The molecule has 32 heavy (non-hydrogen) atoms. The van der Waals surface area contributed by atoms with Gasteiger partial charge in [-0.05, 0) is 61.0 Å². The smallest absolute Gasteiger partial charge is 0.231 e. The van der Waals surface area contributed by atoms with Gasteiger partial charge in [0.25, 0.3) is 0 Å². The molecule has 0 atom stereocenters. The van der Waals surface area contributed by atoms with Gasteiger partial charge in [0.15, 0.2) is 5.13 Å². The van der Waals surface area contributed by atoms with Gasteiger partial charge in [-0.25, -0.2) is 9.97 Å². The maximum atomic E-state index is 12.7. The van der Waals surface area contributed by atoms with Crippen LogP contribution in [0.5, 0.6) is 0 Å². The largest absolute Gasteiger partial charge is 0.346 e. The number of hydrogen-bond donors (Lipinski definition) is 1. The average molecular weight is 457 g/mol. The lowest BCUT2D eigenvalue weighted by Crippen LogP contribution is -2.52. The summed E-state index contributed by atoms with van der Waals surface area (Å²) in [6.07, 6.45) is 0. The van der Waals surface area contributed by atoms with E-state index in [9.17, 15) is 4.79 Å². The van der Waals surface area contributed by atoms with Crippen LogP contribution >= 0.6 is 22.7 Å². The summed E-state index contributed by atoms with van der Waals surface area (Å²) in [5, 5.41) is 5.04. The van der Waals surface area contributed by atoms with Gasteiger partial charge in [0.05, 0.1) is 26.4 Å². The first-order chi connectivity index (χ1) is 15.6. The maximum Gasteiger partial charge on any atom is 0.231 e. The molecule has 1 aliphatic heterocycles. The van der Waals surface area contributed by atoms with Crippen LogP contribution in [0.25, 0.3) is 31.0 Å². The number of para-hydroxylation sites is 1. The molecule has 3 aromatic carbocycles. The van der Waals surface area contributed by atoms with Crippen LogP contribution < -0.4 is 10.2 Å². The highest BCUT2D eigenvalue weighted by Crippen LogP contribution is 2.34. The lowest BCUT2D eigenvalue weighted by molar-refractivity contribution is -0.120. The zero-order valence-electron chi connectivity index (χ0n) is 17.4. The zero-order valence-corrected chi connectivity index (χ0v) is 19.0. The number of thiazole rings is 2. The molecule has 0 saturated carbocycles. The second-order valence-electron chi connectivity index (χ2n) is 8.12. The van der Waals surface area contributed by atoms with Crippen molar-refractivity contribution in [3.8, 4) is 10.6 Å². The molecule has 1 saturated heterocycles. The Morgan fingerprint density at radius 2 is 1.72 bits per heavy atom. The standard InChI is InChI=1S/C25H20N4OS2/c1-15-6-11-20-22(12-15)31-24(27-20)16-7-9-18(10-8-16)26-23(30)17-13-29(14-17)25-28-19-4-2-3-5-21(19)32-25/h2-12,17H,13-14H2,1H3,(H,26,30). The van der Waals surface area contributed by atoms with Gasteiger partial charge in [0.2, 0.25) is 5.91 Å². The van der Waals surface area contributed by atoms with Crippen LogP contribution in [0.3, 0.4) is 0 Å². The minimum absolute atomic E-state index is 0.0193. The Morgan fingerprint density at radius 3 is 2.53 bits per heavy atom. The second kappa shape index (κ2) is 7.69. The topological polar surface area (TPSA) is 58.1 Å². The molecule has 0 radical (unpaired) electrons. The van der Waals surface area contributed by atoms with E-state index in [2.05, 4.69) is 46.4 Å². The fraction of sp³-hybridized carbons (Fsp3) is 0.160. The molecule has 0 spiro atoms. The van der Waals surface area contributed by atoms with Crippen LogP contribution in [0.2, 0.25) is 0 Å². The first-order valence-electron chi connectivity index (χ1n) is 10.5. The van der Waals surface area contributed by atoms with E-state index in [4.69, 9.17) is 4.98 Å². The molecule has 158 valence electrons. The van der Waals surface area contributed by atoms with E-state index in [1.165, 1.54) is 15.0 Å². The van der Waals surface area contributed by atoms with Crippen molar-refractivity contribution in [3.05, 3.63) is 72.3 Å². The van der Waals surface area contributed by atoms with Crippen molar-refractivity contribution in [1.82, 2.24) is 9.97 Å². The summed E-state index contributed by atoms with van der Waals surface area (Å²) in [6.45, 7) is 3.50. The minimum atomic E-state index is -0.0193. The van der Waals surface area contributed by atoms with Gasteiger partial charge in [-0.3, -0.25) is 4.79 Å². The molecule has 0 unspecified atom stereocenters. The third-order valence-corrected chi connectivity index (χ3v) is 7.91. The Kier molecular flexibility index (Phi) is 4.66. The van der Waals surface area contributed by atoms with E-state index in [0.29, 0.717) is 13.1 Å². The van der Waals surface area contributed by atoms with E-state index < -0.39 is 0 Å². The lowest BCUT2D eigenvalue weighted by Gasteiger charge is -2.37. The van der Waals surface area contributed by atoms with E-state index >= 15 is 0 Å². The predicted molar refractivity (Wildman–Crippen MR) is 134 cm³/mol. The summed E-state index contributed by atoms with van der Waals surface area (Å²) in [6, 6.07) is 22.4. The number of nitrogens with one attached hydrogen (secondary N) is 1. The molecule has 3 heterocycles. The summed E-state index contributed by atoms with van der Waals surface area (Å²) in [5.74, 6) is 0.0414. The number of benzene rings is 3. The lowest BCUT2D eigenvalue weighted by atomic mass is 10.00. The van der Waals surface area contributed by atoms with Crippen LogP contribution in [-0.2, 0) is 4.79 Å². The van der Waals surface area contributed by atoms with Gasteiger partial charge in [-0.15, -0.1) is 11.3 Å². The van der Waals surface area contributed by atoms with E-state index in [-0.39, 0.29) is 11.8 Å².